The molecule has 0 bridgehead atoms. The molecule has 3 heterocycles. The van der Waals surface area contributed by atoms with Crippen LogP contribution in [0, 0.1) is 5.92 Å². The Balaban J connectivity index is 1.33. The van der Waals surface area contributed by atoms with Crippen molar-refractivity contribution in [2.75, 3.05) is 31.1 Å². The molecule has 2 unspecified atom stereocenters. The standard InChI is InChI=1S/C16H20N6O/c1-20-11-12(10-19-20)13-9-14(13)15(23)21-5-7-22(8-6-21)16-17-3-2-4-18-16/h2-4,10-11,13-14H,5-9H2,1H3. The fourth-order valence-corrected chi connectivity index (χ4v) is 3.28. The van der Waals surface area contributed by atoms with Crippen LogP contribution in [0.2, 0.25) is 0 Å². The SMILES string of the molecule is Cn1cc(C2CC2C(=O)N2CCN(c3ncccn3)CC2)cn1. The number of aryl methyl sites for hydroxylation is 1. The Kier molecular flexibility index (Phi) is 3.48. The minimum absolute atomic E-state index is 0.138. The van der Waals surface area contributed by atoms with Gasteiger partial charge in [0, 0.05) is 57.7 Å². The number of nitrogens with zero attached hydrogens (tertiary/aromatic N) is 6. The van der Waals surface area contributed by atoms with Crippen LogP contribution in [0.3, 0.4) is 0 Å². The van der Waals surface area contributed by atoms with E-state index >= 15 is 0 Å². The number of aromatic nitrogens is 4. The molecule has 0 radical (unpaired) electrons. The molecule has 2 atom stereocenters. The topological polar surface area (TPSA) is 67.2 Å². The summed E-state index contributed by atoms with van der Waals surface area (Å²) in [6.07, 6.45) is 8.35. The zero-order valence-corrected chi connectivity index (χ0v) is 13.2. The van der Waals surface area contributed by atoms with Gasteiger partial charge in [-0.15, -0.1) is 0 Å². The monoisotopic (exact) mass is 312 g/mol. The van der Waals surface area contributed by atoms with E-state index in [9.17, 15) is 4.79 Å². The zero-order chi connectivity index (χ0) is 15.8. The lowest BCUT2D eigenvalue weighted by atomic mass is 10.1. The molecule has 0 N–H and O–H groups in total. The predicted molar refractivity (Wildman–Crippen MR) is 84.9 cm³/mol. The van der Waals surface area contributed by atoms with Crippen LogP contribution in [-0.2, 0) is 11.8 Å². The number of hydrogen-bond donors (Lipinski definition) is 0. The number of carbonyl (C=O) groups excluding carboxylic acids is 1. The van der Waals surface area contributed by atoms with Crippen molar-refractivity contribution < 1.29 is 4.79 Å². The van der Waals surface area contributed by atoms with E-state index in [1.807, 2.05) is 30.4 Å². The molecule has 2 aliphatic rings. The van der Waals surface area contributed by atoms with E-state index in [4.69, 9.17) is 0 Å². The van der Waals surface area contributed by atoms with Gasteiger partial charge in [-0.3, -0.25) is 9.48 Å². The molecule has 7 nitrogen and oxygen atoms in total. The number of piperazine rings is 1. The molecule has 2 fully saturated rings. The fourth-order valence-electron chi connectivity index (χ4n) is 3.28. The third-order valence-electron chi connectivity index (χ3n) is 4.69. The van der Waals surface area contributed by atoms with Gasteiger partial charge in [0.2, 0.25) is 11.9 Å². The number of hydrogen-bond acceptors (Lipinski definition) is 5. The van der Waals surface area contributed by atoms with Crippen LogP contribution in [0.1, 0.15) is 17.9 Å². The van der Waals surface area contributed by atoms with Crippen molar-refractivity contribution in [1.82, 2.24) is 24.6 Å². The second-order valence-corrected chi connectivity index (χ2v) is 6.26. The van der Waals surface area contributed by atoms with Crippen LogP contribution in [0.15, 0.2) is 30.9 Å². The highest BCUT2D eigenvalue weighted by atomic mass is 16.2. The van der Waals surface area contributed by atoms with Gasteiger partial charge in [-0.25, -0.2) is 9.97 Å². The van der Waals surface area contributed by atoms with Gasteiger partial charge >= 0.3 is 0 Å². The Morgan fingerprint density at radius 2 is 1.91 bits per heavy atom. The van der Waals surface area contributed by atoms with Gasteiger partial charge in [0.15, 0.2) is 0 Å². The van der Waals surface area contributed by atoms with Gasteiger partial charge < -0.3 is 9.80 Å². The second-order valence-electron chi connectivity index (χ2n) is 6.26. The van der Waals surface area contributed by atoms with Crippen LogP contribution in [0.5, 0.6) is 0 Å². The second kappa shape index (κ2) is 5.64. The van der Waals surface area contributed by atoms with E-state index in [1.54, 1.807) is 17.1 Å². The number of carbonyl (C=O) groups is 1. The molecular formula is C16H20N6O. The molecular weight excluding hydrogens is 292 g/mol. The van der Waals surface area contributed by atoms with Crippen molar-refractivity contribution >= 4 is 11.9 Å². The quantitative estimate of drug-likeness (QED) is 0.833. The highest BCUT2D eigenvalue weighted by molar-refractivity contribution is 5.83. The Morgan fingerprint density at radius 1 is 1.17 bits per heavy atom. The first kappa shape index (κ1) is 14.2. The largest absolute Gasteiger partial charge is 0.339 e. The van der Waals surface area contributed by atoms with Gasteiger partial charge in [0.05, 0.1) is 6.20 Å². The molecule has 0 spiro atoms. The first-order valence-corrected chi connectivity index (χ1v) is 8.01. The lowest BCUT2D eigenvalue weighted by Gasteiger charge is -2.34. The maximum Gasteiger partial charge on any atom is 0.226 e. The van der Waals surface area contributed by atoms with Crippen LogP contribution in [-0.4, -0.2) is 56.7 Å². The summed E-state index contributed by atoms with van der Waals surface area (Å²) >= 11 is 0. The minimum atomic E-state index is 0.138. The Morgan fingerprint density at radius 3 is 2.57 bits per heavy atom. The lowest BCUT2D eigenvalue weighted by Crippen LogP contribution is -2.49. The molecule has 1 saturated carbocycles. The first-order chi connectivity index (χ1) is 11.2. The van der Waals surface area contributed by atoms with Crippen LogP contribution in [0.4, 0.5) is 5.95 Å². The number of amides is 1. The normalized spacial score (nSPS) is 23.9. The van der Waals surface area contributed by atoms with E-state index in [1.165, 1.54) is 5.56 Å². The van der Waals surface area contributed by atoms with E-state index in [2.05, 4.69) is 20.0 Å². The summed E-state index contributed by atoms with van der Waals surface area (Å²) in [6, 6.07) is 1.81. The van der Waals surface area contributed by atoms with Gasteiger partial charge in [-0.1, -0.05) is 0 Å². The summed E-state index contributed by atoms with van der Waals surface area (Å²) in [5.74, 6) is 1.53. The number of anilines is 1. The average molecular weight is 312 g/mol. The van der Waals surface area contributed by atoms with Crippen LogP contribution in [0.25, 0.3) is 0 Å². The van der Waals surface area contributed by atoms with E-state index in [-0.39, 0.29) is 11.8 Å². The van der Waals surface area contributed by atoms with Crippen LogP contribution >= 0.6 is 0 Å². The summed E-state index contributed by atoms with van der Waals surface area (Å²) < 4.78 is 1.80. The molecule has 0 aromatic carbocycles. The molecule has 1 aliphatic carbocycles. The lowest BCUT2D eigenvalue weighted by molar-refractivity contribution is -0.133. The Bertz CT molecular complexity index is 692. The molecule has 120 valence electrons. The average Bonchev–Trinajstić information content (AvgIpc) is 3.29. The molecule has 2 aromatic heterocycles. The summed E-state index contributed by atoms with van der Waals surface area (Å²) in [7, 11) is 1.91. The smallest absolute Gasteiger partial charge is 0.226 e. The van der Waals surface area contributed by atoms with E-state index in [0.717, 1.165) is 38.5 Å². The molecule has 1 aliphatic heterocycles. The maximum atomic E-state index is 12.6. The van der Waals surface area contributed by atoms with Crippen molar-refractivity contribution in [2.24, 2.45) is 13.0 Å². The van der Waals surface area contributed by atoms with Gasteiger partial charge in [0.1, 0.15) is 0 Å². The van der Waals surface area contributed by atoms with Gasteiger partial charge in [-0.05, 0) is 24.0 Å². The molecule has 4 rings (SSSR count). The molecule has 2 aromatic rings. The fraction of sp³-hybridized carbons (Fsp3) is 0.500. The third-order valence-corrected chi connectivity index (χ3v) is 4.69. The Hall–Kier alpha value is -2.44. The zero-order valence-electron chi connectivity index (χ0n) is 13.2. The molecule has 23 heavy (non-hydrogen) atoms. The number of rotatable bonds is 3. The summed E-state index contributed by atoms with van der Waals surface area (Å²) in [5.41, 5.74) is 1.18. The molecule has 1 amide bonds. The maximum absolute atomic E-state index is 12.6. The van der Waals surface area contributed by atoms with Crippen LogP contribution < -0.4 is 4.90 Å². The summed E-state index contributed by atoms with van der Waals surface area (Å²) in [4.78, 5) is 25.3. The first-order valence-electron chi connectivity index (χ1n) is 8.01. The van der Waals surface area contributed by atoms with Gasteiger partial charge in [0.25, 0.3) is 0 Å². The van der Waals surface area contributed by atoms with Crippen molar-refractivity contribution in [2.45, 2.75) is 12.3 Å². The minimum Gasteiger partial charge on any atom is -0.339 e. The predicted octanol–water partition coefficient (Wildman–Crippen LogP) is 0.662. The third kappa shape index (κ3) is 2.78. The molecule has 1 saturated heterocycles. The van der Waals surface area contributed by atoms with Crippen molar-refractivity contribution in [3.05, 3.63) is 36.4 Å². The summed E-state index contributed by atoms with van der Waals surface area (Å²) in [5, 5.41) is 4.20. The van der Waals surface area contributed by atoms with Crippen molar-refractivity contribution in [1.29, 1.82) is 0 Å². The Labute approximate surface area is 134 Å². The van der Waals surface area contributed by atoms with E-state index in [0.29, 0.717) is 5.92 Å². The van der Waals surface area contributed by atoms with Gasteiger partial charge in [-0.2, -0.15) is 5.10 Å². The summed E-state index contributed by atoms with van der Waals surface area (Å²) in [6.45, 7) is 3.07. The highest BCUT2D eigenvalue weighted by Gasteiger charge is 2.46. The highest BCUT2D eigenvalue weighted by Crippen LogP contribution is 2.48. The molecule has 7 heteroatoms. The van der Waals surface area contributed by atoms with Crippen molar-refractivity contribution in [3.63, 3.8) is 0 Å². The van der Waals surface area contributed by atoms with E-state index < -0.39 is 0 Å². The van der Waals surface area contributed by atoms with Crippen molar-refractivity contribution in [3.8, 4) is 0 Å².